The molecule has 0 bridgehead atoms. The van der Waals surface area contributed by atoms with E-state index >= 15 is 0 Å². The number of nitrogens with zero attached hydrogens (tertiary/aromatic N) is 5. The normalized spacial score (nSPS) is 9.69. The minimum Gasteiger partial charge on any atom is -0.258 e. The molecular formula is C9H5N5O2. The molecule has 7 nitrogen and oxygen atoms in total. The first kappa shape index (κ1) is 9.79. The fourth-order valence-corrected chi connectivity index (χ4v) is 1.15. The third-order valence-electron chi connectivity index (χ3n) is 1.86. The number of aromatic nitrogens is 3. The molecule has 0 aliphatic heterocycles. The maximum absolute atomic E-state index is 10.4. The fraction of sp³-hybridized carbons (Fsp3) is 0. The Labute approximate surface area is 89.7 Å². The number of hydrogen-bond donors (Lipinski definition) is 0. The molecule has 0 spiro atoms. The van der Waals surface area contributed by atoms with E-state index in [4.69, 9.17) is 5.26 Å². The van der Waals surface area contributed by atoms with Crippen molar-refractivity contribution in [1.82, 2.24) is 14.8 Å². The predicted octanol–water partition coefficient (Wildman–Crippen LogP) is 1.05. The zero-order valence-electron chi connectivity index (χ0n) is 7.94. The van der Waals surface area contributed by atoms with Gasteiger partial charge in [-0.25, -0.2) is 9.67 Å². The van der Waals surface area contributed by atoms with Gasteiger partial charge in [-0.3, -0.25) is 10.1 Å². The SMILES string of the molecule is N#Cc1cccc(-n2cc([N+](=O)[O-])cn2)n1. The van der Waals surface area contributed by atoms with Gasteiger partial charge in [-0.05, 0) is 12.1 Å². The van der Waals surface area contributed by atoms with Gasteiger partial charge in [0.05, 0.1) is 4.92 Å². The Morgan fingerprint density at radius 2 is 2.31 bits per heavy atom. The molecule has 0 saturated carbocycles. The molecule has 0 aliphatic rings. The molecule has 0 fully saturated rings. The summed E-state index contributed by atoms with van der Waals surface area (Å²) >= 11 is 0. The highest BCUT2D eigenvalue weighted by atomic mass is 16.6. The van der Waals surface area contributed by atoms with Crippen molar-refractivity contribution in [2.45, 2.75) is 0 Å². The molecule has 0 atom stereocenters. The lowest BCUT2D eigenvalue weighted by Gasteiger charge is -1.98. The summed E-state index contributed by atoms with van der Waals surface area (Å²) in [5, 5.41) is 22.9. The molecule has 2 heterocycles. The predicted molar refractivity (Wildman–Crippen MR) is 52.7 cm³/mol. The van der Waals surface area contributed by atoms with Crippen molar-refractivity contribution in [3.8, 4) is 11.9 Å². The van der Waals surface area contributed by atoms with E-state index in [9.17, 15) is 10.1 Å². The van der Waals surface area contributed by atoms with E-state index < -0.39 is 4.92 Å². The fourth-order valence-electron chi connectivity index (χ4n) is 1.15. The Bertz CT molecular complexity index is 584. The van der Waals surface area contributed by atoms with Crippen molar-refractivity contribution in [3.05, 3.63) is 46.4 Å². The van der Waals surface area contributed by atoms with Gasteiger partial charge in [0.15, 0.2) is 5.82 Å². The lowest BCUT2D eigenvalue weighted by atomic mass is 10.4. The quantitative estimate of drug-likeness (QED) is 0.550. The van der Waals surface area contributed by atoms with Crippen molar-refractivity contribution < 1.29 is 4.92 Å². The first-order chi connectivity index (χ1) is 7.70. The first-order valence-electron chi connectivity index (χ1n) is 4.27. The summed E-state index contributed by atoms with van der Waals surface area (Å²) in [6.45, 7) is 0. The molecule has 7 heteroatoms. The highest BCUT2D eigenvalue weighted by molar-refractivity contribution is 5.32. The Morgan fingerprint density at radius 3 is 2.94 bits per heavy atom. The molecule has 16 heavy (non-hydrogen) atoms. The average Bonchev–Trinajstić information content (AvgIpc) is 2.78. The highest BCUT2D eigenvalue weighted by Gasteiger charge is 2.10. The van der Waals surface area contributed by atoms with Crippen LogP contribution in [-0.4, -0.2) is 19.7 Å². The van der Waals surface area contributed by atoms with Crippen molar-refractivity contribution in [2.75, 3.05) is 0 Å². The average molecular weight is 215 g/mol. The second-order valence-electron chi connectivity index (χ2n) is 2.89. The summed E-state index contributed by atoms with van der Waals surface area (Å²) < 4.78 is 1.25. The lowest BCUT2D eigenvalue weighted by molar-refractivity contribution is -0.384. The molecular weight excluding hydrogens is 210 g/mol. The summed E-state index contributed by atoms with van der Waals surface area (Å²) in [5.74, 6) is 0.368. The summed E-state index contributed by atoms with van der Waals surface area (Å²) in [6, 6.07) is 6.67. The molecule has 2 aromatic rings. The van der Waals surface area contributed by atoms with Crippen LogP contribution in [0.1, 0.15) is 5.69 Å². The molecule has 0 aliphatic carbocycles. The zero-order valence-corrected chi connectivity index (χ0v) is 7.94. The molecule has 0 saturated heterocycles. The summed E-state index contributed by atoms with van der Waals surface area (Å²) in [7, 11) is 0. The van der Waals surface area contributed by atoms with E-state index in [1.807, 2.05) is 6.07 Å². The maximum Gasteiger partial charge on any atom is 0.307 e. The smallest absolute Gasteiger partial charge is 0.258 e. The van der Waals surface area contributed by atoms with Crippen LogP contribution in [0.4, 0.5) is 5.69 Å². The minimum atomic E-state index is -0.544. The number of hydrogen-bond acceptors (Lipinski definition) is 5. The molecule has 0 amide bonds. The van der Waals surface area contributed by atoms with E-state index in [2.05, 4.69) is 10.1 Å². The van der Waals surface area contributed by atoms with Gasteiger partial charge in [-0.1, -0.05) is 6.07 Å². The molecule has 2 rings (SSSR count). The molecule has 0 unspecified atom stereocenters. The minimum absolute atomic E-state index is 0.121. The van der Waals surface area contributed by atoms with Crippen LogP contribution >= 0.6 is 0 Å². The van der Waals surface area contributed by atoms with Gasteiger partial charge in [0.2, 0.25) is 0 Å². The summed E-state index contributed by atoms with van der Waals surface area (Å²) in [4.78, 5) is 13.9. The van der Waals surface area contributed by atoms with Crippen molar-refractivity contribution >= 4 is 5.69 Å². The van der Waals surface area contributed by atoms with Gasteiger partial charge < -0.3 is 0 Å². The molecule has 78 valence electrons. The van der Waals surface area contributed by atoms with Crippen LogP contribution in [0.15, 0.2) is 30.6 Å². The molecule has 2 aromatic heterocycles. The van der Waals surface area contributed by atoms with Gasteiger partial charge in [-0.15, -0.1) is 0 Å². The molecule has 0 N–H and O–H groups in total. The Balaban J connectivity index is 2.43. The summed E-state index contributed by atoms with van der Waals surface area (Å²) in [6.07, 6.45) is 2.37. The first-order valence-corrected chi connectivity index (χ1v) is 4.27. The van der Waals surface area contributed by atoms with Crippen LogP contribution in [-0.2, 0) is 0 Å². The monoisotopic (exact) mass is 215 g/mol. The van der Waals surface area contributed by atoms with Crippen molar-refractivity contribution in [3.63, 3.8) is 0 Å². The van der Waals surface area contributed by atoms with Crippen molar-refractivity contribution in [1.29, 1.82) is 5.26 Å². The summed E-state index contributed by atoms with van der Waals surface area (Å²) in [5.41, 5.74) is 0.111. The van der Waals surface area contributed by atoms with Crippen LogP contribution in [0, 0.1) is 21.4 Å². The lowest BCUT2D eigenvalue weighted by Crippen LogP contribution is -1.98. The third-order valence-corrected chi connectivity index (χ3v) is 1.86. The third kappa shape index (κ3) is 1.72. The van der Waals surface area contributed by atoms with Crippen molar-refractivity contribution in [2.24, 2.45) is 0 Å². The van der Waals surface area contributed by atoms with Crippen LogP contribution in [0.3, 0.4) is 0 Å². The second kappa shape index (κ2) is 3.78. The van der Waals surface area contributed by atoms with Crippen LogP contribution in [0.25, 0.3) is 5.82 Å². The number of rotatable bonds is 2. The van der Waals surface area contributed by atoms with Gasteiger partial charge in [-0.2, -0.15) is 10.4 Å². The Hall–Kier alpha value is -2.75. The van der Waals surface area contributed by atoms with Gasteiger partial charge >= 0.3 is 5.69 Å². The maximum atomic E-state index is 10.4. The Morgan fingerprint density at radius 1 is 1.50 bits per heavy atom. The van der Waals surface area contributed by atoms with Crippen LogP contribution in [0.2, 0.25) is 0 Å². The van der Waals surface area contributed by atoms with E-state index in [1.165, 1.54) is 10.9 Å². The standard InChI is InChI=1S/C9H5N5O2/c10-4-7-2-1-3-9(12-7)13-6-8(5-11-13)14(15)16/h1-3,5-6H. The topological polar surface area (TPSA) is 97.6 Å². The number of nitriles is 1. The van der Waals surface area contributed by atoms with Gasteiger partial charge in [0, 0.05) is 0 Å². The van der Waals surface area contributed by atoms with Gasteiger partial charge in [0.1, 0.15) is 24.2 Å². The van der Waals surface area contributed by atoms with Gasteiger partial charge in [0.25, 0.3) is 0 Å². The zero-order chi connectivity index (χ0) is 11.5. The largest absolute Gasteiger partial charge is 0.307 e. The number of nitro groups is 1. The van der Waals surface area contributed by atoms with E-state index in [0.717, 1.165) is 6.20 Å². The second-order valence-corrected chi connectivity index (χ2v) is 2.89. The molecule has 0 radical (unpaired) electrons. The van der Waals surface area contributed by atoms with Crippen LogP contribution in [0.5, 0.6) is 0 Å². The van der Waals surface area contributed by atoms with Crippen LogP contribution < -0.4 is 0 Å². The Kier molecular flexibility index (Phi) is 2.31. The number of pyridine rings is 1. The van der Waals surface area contributed by atoms with E-state index in [0.29, 0.717) is 5.82 Å². The van der Waals surface area contributed by atoms with E-state index in [1.54, 1.807) is 18.2 Å². The van der Waals surface area contributed by atoms with E-state index in [-0.39, 0.29) is 11.4 Å². The molecule has 0 aromatic carbocycles. The highest BCUT2D eigenvalue weighted by Crippen LogP contribution is 2.11.